The maximum absolute atomic E-state index is 11.5. The molecule has 2 atom stereocenters. The normalized spacial score (nSPS) is 27.8. The summed E-state index contributed by atoms with van der Waals surface area (Å²) in [6.07, 6.45) is 0.753. The van der Waals surface area contributed by atoms with E-state index in [1.54, 1.807) is 0 Å². The molecule has 19 heavy (non-hydrogen) atoms. The standard InChI is InChI=1S/C11H19N5O3/c1-10(2,3)11(6-17)4-8(5-15(11)9(18)19)16-13-7-12-14-16/h7-8,17H,4-6H2,1-3H3,(H,18,19)/t8-,11+/m0/s1. The second kappa shape index (κ2) is 4.44. The Morgan fingerprint density at radius 3 is 2.58 bits per heavy atom. The van der Waals surface area contributed by atoms with Crippen LogP contribution in [0.3, 0.4) is 0 Å². The van der Waals surface area contributed by atoms with Crippen LogP contribution in [0.15, 0.2) is 6.33 Å². The lowest BCUT2D eigenvalue weighted by Gasteiger charge is -2.45. The number of amides is 1. The molecule has 1 aromatic heterocycles. The van der Waals surface area contributed by atoms with Gasteiger partial charge in [0.2, 0.25) is 0 Å². The Morgan fingerprint density at radius 2 is 2.21 bits per heavy atom. The molecule has 1 amide bonds. The van der Waals surface area contributed by atoms with E-state index >= 15 is 0 Å². The van der Waals surface area contributed by atoms with E-state index in [2.05, 4.69) is 15.4 Å². The van der Waals surface area contributed by atoms with Gasteiger partial charge in [0.05, 0.1) is 18.2 Å². The largest absolute Gasteiger partial charge is 0.465 e. The lowest BCUT2D eigenvalue weighted by Crippen LogP contribution is -2.57. The van der Waals surface area contributed by atoms with Crippen molar-refractivity contribution in [3.63, 3.8) is 0 Å². The Kier molecular flexibility index (Phi) is 3.21. The smallest absolute Gasteiger partial charge is 0.407 e. The van der Waals surface area contributed by atoms with E-state index in [0.717, 1.165) is 0 Å². The number of aliphatic hydroxyl groups is 1. The number of hydrogen-bond acceptors (Lipinski definition) is 5. The summed E-state index contributed by atoms with van der Waals surface area (Å²) >= 11 is 0. The van der Waals surface area contributed by atoms with Crippen LogP contribution in [0, 0.1) is 5.41 Å². The summed E-state index contributed by atoms with van der Waals surface area (Å²) in [5.41, 5.74) is -1.23. The second-order valence-electron chi connectivity index (χ2n) is 5.95. The van der Waals surface area contributed by atoms with Crippen molar-refractivity contribution >= 4 is 6.09 Å². The van der Waals surface area contributed by atoms with Crippen LogP contribution in [-0.2, 0) is 0 Å². The molecule has 1 aromatic rings. The number of aliphatic hydroxyl groups excluding tert-OH is 1. The zero-order chi connectivity index (χ0) is 14.3. The Bertz CT molecular complexity index is 455. The minimum absolute atomic E-state index is 0.204. The third-order valence-corrected chi connectivity index (χ3v) is 4.06. The van der Waals surface area contributed by atoms with Crippen LogP contribution in [0.5, 0.6) is 0 Å². The van der Waals surface area contributed by atoms with Crippen molar-refractivity contribution in [1.29, 1.82) is 0 Å². The van der Waals surface area contributed by atoms with Crippen LogP contribution >= 0.6 is 0 Å². The fourth-order valence-electron chi connectivity index (χ4n) is 2.81. The highest BCUT2D eigenvalue weighted by Crippen LogP contribution is 2.46. The van der Waals surface area contributed by atoms with Crippen LogP contribution in [0.1, 0.15) is 33.2 Å². The number of tetrazole rings is 1. The molecule has 0 radical (unpaired) electrons. The molecule has 0 unspecified atom stereocenters. The van der Waals surface area contributed by atoms with Gasteiger partial charge in [0.1, 0.15) is 0 Å². The van der Waals surface area contributed by atoms with Crippen molar-refractivity contribution < 1.29 is 15.0 Å². The molecule has 1 aliphatic heterocycles. The predicted molar refractivity (Wildman–Crippen MR) is 65.5 cm³/mol. The van der Waals surface area contributed by atoms with E-state index in [0.29, 0.717) is 6.42 Å². The number of hydrogen-bond donors (Lipinski definition) is 2. The van der Waals surface area contributed by atoms with E-state index < -0.39 is 17.0 Å². The first-order valence-electron chi connectivity index (χ1n) is 6.16. The van der Waals surface area contributed by atoms with Crippen molar-refractivity contribution in [3.05, 3.63) is 6.33 Å². The van der Waals surface area contributed by atoms with Crippen LogP contribution in [-0.4, -0.2) is 60.1 Å². The fraction of sp³-hybridized carbons (Fsp3) is 0.818. The molecule has 8 nitrogen and oxygen atoms in total. The average Bonchev–Trinajstić information content (AvgIpc) is 2.95. The summed E-state index contributed by atoms with van der Waals surface area (Å²) in [5.74, 6) is 0. The summed E-state index contributed by atoms with van der Waals surface area (Å²) in [6, 6.07) is -0.204. The van der Waals surface area contributed by atoms with Crippen LogP contribution in [0.25, 0.3) is 0 Å². The minimum atomic E-state index is -1.04. The number of rotatable bonds is 2. The first-order valence-corrected chi connectivity index (χ1v) is 6.16. The maximum Gasteiger partial charge on any atom is 0.407 e. The molecule has 1 saturated heterocycles. The molecule has 2 N–H and O–H groups in total. The molecule has 106 valence electrons. The van der Waals surface area contributed by atoms with Gasteiger partial charge >= 0.3 is 6.09 Å². The maximum atomic E-state index is 11.5. The van der Waals surface area contributed by atoms with Gasteiger partial charge in [-0.25, -0.2) is 4.79 Å². The lowest BCUT2D eigenvalue weighted by atomic mass is 9.72. The monoisotopic (exact) mass is 269 g/mol. The van der Waals surface area contributed by atoms with Gasteiger partial charge in [-0.2, -0.15) is 4.80 Å². The highest BCUT2D eigenvalue weighted by atomic mass is 16.4. The van der Waals surface area contributed by atoms with Gasteiger partial charge in [-0.15, -0.1) is 10.2 Å². The predicted octanol–water partition coefficient (Wildman–Crippen LogP) is 0.375. The first kappa shape index (κ1) is 13.7. The topological polar surface area (TPSA) is 104 Å². The zero-order valence-electron chi connectivity index (χ0n) is 11.3. The first-order chi connectivity index (χ1) is 8.82. The van der Waals surface area contributed by atoms with Crippen LogP contribution in [0.4, 0.5) is 4.79 Å². The van der Waals surface area contributed by atoms with Gasteiger partial charge < -0.3 is 10.2 Å². The van der Waals surface area contributed by atoms with Crippen molar-refractivity contribution in [1.82, 2.24) is 25.1 Å². The number of carbonyl (C=O) groups is 1. The van der Waals surface area contributed by atoms with Crippen LogP contribution < -0.4 is 0 Å². The van der Waals surface area contributed by atoms with Crippen molar-refractivity contribution in [2.24, 2.45) is 5.41 Å². The summed E-state index contributed by atoms with van der Waals surface area (Å²) < 4.78 is 0. The highest BCUT2D eigenvalue weighted by Gasteiger charge is 2.55. The van der Waals surface area contributed by atoms with Crippen molar-refractivity contribution in [2.45, 2.75) is 38.8 Å². The Hall–Kier alpha value is -1.70. The van der Waals surface area contributed by atoms with Gasteiger partial charge in [0.15, 0.2) is 6.33 Å². The Balaban J connectivity index is 2.39. The minimum Gasteiger partial charge on any atom is -0.465 e. The van der Waals surface area contributed by atoms with E-state index in [1.165, 1.54) is 16.0 Å². The molecule has 2 rings (SSSR count). The second-order valence-corrected chi connectivity index (χ2v) is 5.95. The van der Waals surface area contributed by atoms with E-state index in [-0.39, 0.29) is 19.2 Å². The van der Waals surface area contributed by atoms with E-state index in [9.17, 15) is 15.0 Å². The molecular formula is C11H19N5O3. The SMILES string of the molecule is CC(C)(C)[C@]1(CO)C[C@H](n2ncnn2)CN1C(=O)O. The van der Waals surface area contributed by atoms with Gasteiger partial charge in [-0.3, -0.25) is 4.90 Å². The summed E-state index contributed by atoms with van der Waals surface area (Å²) in [4.78, 5) is 14.2. The molecular weight excluding hydrogens is 250 g/mol. The number of carboxylic acid groups (broad SMARTS) is 1. The molecule has 1 fully saturated rings. The van der Waals surface area contributed by atoms with Crippen molar-refractivity contribution in [3.8, 4) is 0 Å². The van der Waals surface area contributed by atoms with Crippen LogP contribution in [0.2, 0.25) is 0 Å². The molecule has 0 spiro atoms. The van der Waals surface area contributed by atoms with Gasteiger partial charge in [-0.05, 0) is 17.0 Å². The van der Waals surface area contributed by atoms with Crippen molar-refractivity contribution in [2.75, 3.05) is 13.2 Å². The summed E-state index contributed by atoms with van der Waals surface area (Å²) in [6.45, 7) is 5.81. The third kappa shape index (κ3) is 2.05. The zero-order valence-corrected chi connectivity index (χ0v) is 11.3. The van der Waals surface area contributed by atoms with Gasteiger partial charge in [0, 0.05) is 6.54 Å². The third-order valence-electron chi connectivity index (χ3n) is 4.06. The summed E-state index contributed by atoms with van der Waals surface area (Å²) in [5, 5.41) is 30.7. The molecule has 1 aliphatic rings. The quantitative estimate of drug-likeness (QED) is 0.804. The molecule has 2 heterocycles. The molecule has 0 saturated carbocycles. The molecule has 8 heteroatoms. The fourth-order valence-corrected chi connectivity index (χ4v) is 2.81. The highest BCUT2D eigenvalue weighted by molar-refractivity contribution is 5.67. The average molecular weight is 269 g/mol. The Labute approximate surface area is 111 Å². The number of aromatic nitrogens is 4. The summed E-state index contributed by atoms with van der Waals surface area (Å²) in [7, 11) is 0. The van der Waals surface area contributed by atoms with Gasteiger partial charge in [0.25, 0.3) is 0 Å². The molecule has 0 aliphatic carbocycles. The molecule has 0 bridgehead atoms. The van der Waals surface area contributed by atoms with Gasteiger partial charge in [-0.1, -0.05) is 20.8 Å². The number of likely N-dealkylation sites (tertiary alicyclic amines) is 1. The lowest BCUT2D eigenvalue weighted by molar-refractivity contribution is -0.0116. The van der Waals surface area contributed by atoms with E-state index in [4.69, 9.17) is 0 Å². The van der Waals surface area contributed by atoms with E-state index in [1.807, 2.05) is 20.8 Å². The Morgan fingerprint density at radius 1 is 1.53 bits per heavy atom. The molecule has 0 aromatic carbocycles. The number of nitrogens with zero attached hydrogens (tertiary/aromatic N) is 5.